The van der Waals surface area contributed by atoms with Crippen LogP contribution in [0.3, 0.4) is 0 Å². The summed E-state index contributed by atoms with van der Waals surface area (Å²) in [6.07, 6.45) is 7.08. The molecule has 0 aliphatic carbocycles. The van der Waals surface area contributed by atoms with Crippen molar-refractivity contribution in [3.63, 3.8) is 0 Å². The maximum absolute atomic E-state index is 13.1. The van der Waals surface area contributed by atoms with Gasteiger partial charge in [-0.3, -0.25) is 9.69 Å². The fourth-order valence-electron chi connectivity index (χ4n) is 5.82. The van der Waals surface area contributed by atoms with Crippen molar-refractivity contribution in [1.82, 2.24) is 15.1 Å². The Balaban J connectivity index is 0.000000232. The number of carbonyl (C=O) groups is 2. The van der Waals surface area contributed by atoms with Gasteiger partial charge in [0.1, 0.15) is 12.4 Å². The second-order valence-corrected chi connectivity index (χ2v) is 10.6. The minimum atomic E-state index is -0.960. The summed E-state index contributed by atoms with van der Waals surface area (Å²) in [6.45, 7) is 5.79. The lowest BCUT2D eigenvalue weighted by Crippen LogP contribution is -2.49. The first-order valence-electron chi connectivity index (χ1n) is 14.1. The Morgan fingerprint density at radius 2 is 1.85 bits per heavy atom. The number of nitriles is 1. The molecule has 0 radical (unpaired) electrons. The SMILES string of the molecule is CN(C=O)C(CCC=O)c1ccc(F)c(F)c1.CNCC1CCCN(C2CCN(c3ccccc3C#N)CC2)C1. The van der Waals surface area contributed by atoms with Gasteiger partial charge in [0, 0.05) is 39.1 Å². The van der Waals surface area contributed by atoms with E-state index < -0.39 is 17.7 Å². The predicted molar refractivity (Wildman–Crippen MR) is 153 cm³/mol. The summed E-state index contributed by atoms with van der Waals surface area (Å²) in [7, 11) is 3.59. The van der Waals surface area contributed by atoms with Gasteiger partial charge in [0.25, 0.3) is 0 Å². The molecule has 1 N–H and O–H groups in total. The molecule has 40 heavy (non-hydrogen) atoms. The predicted octanol–water partition coefficient (Wildman–Crippen LogP) is 4.53. The Kier molecular flexibility index (Phi) is 12.5. The standard InChI is InChI=1S/C19H28N4.C12H13F2NO2/c1-21-14-16-5-4-10-23(15-16)18-8-11-22(12-9-18)19-7-3-2-6-17(19)13-20;1-15(8-17)12(3-2-6-16)9-4-5-10(13)11(14)7-9/h2-3,6-7,16,18,21H,4-5,8-12,14-15H2,1H3;4-8,12H,2-3H2,1H3. The summed E-state index contributed by atoms with van der Waals surface area (Å²) < 4.78 is 25.9. The normalized spacial score (nSPS) is 18.7. The fraction of sp³-hybridized carbons (Fsp3) is 0.516. The average Bonchev–Trinajstić information content (AvgIpc) is 2.99. The van der Waals surface area contributed by atoms with Crippen LogP contribution in [0.4, 0.5) is 14.5 Å². The second-order valence-electron chi connectivity index (χ2n) is 10.6. The van der Waals surface area contributed by atoms with E-state index in [9.17, 15) is 23.6 Å². The number of likely N-dealkylation sites (tertiary alicyclic amines) is 1. The van der Waals surface area contributed by atoms with Crippen LogP contribution in [0.2, 0.25) is 0 Å². The zero-order valence-electron chi connectivity index (χ0n) is 23.6. The summed E-state index contributed by atoms with van der Waals surface area (Å²) in [5.41, 5.74) is 2.39. The Morgan fingerprint density at radius 1 is 1.10 bits per heavy atom. The van der Waals surface area contributed by atoms with E-state index in [0.717, 1.165) is 61.3 Å². The van der Waals surface area contributed by atoms with Gasteiger partial charge in [0.15, 0.2) is 11.6 Å². The van der Waals surface area contributed by atoms with Crippen molar-refractivity contribution in [2.45, 2.75) is 50.6 Å². The number of amides is 1. The molecule has 2 aromatic carbocycles. The fourth-order valence-corrected chi connectivity index (χ4v) is 5.82. The second kappa shape index (κ2) is 16.0. The van der Waals surface area contributed by atoms with E-state index in [2.05, 4.69) is 34.3 Å². The molecule has 2 heterocycles. The molecular weight excluding hydrogens is 512 g/mol. The number of hydrogen-bond acceptors (Lipinski definition) is 6. The summed E-state index contributed by atoms with van der Waals surface area (Å²) >= 11 is 0. The minimum absolute atomic E-state index is 0.252. The largest absolute Gasteiger partial charge is 0.370 e. The van der Waals surface area contributed by atoms with E-state index in [0.29, 0.717) is 18.4 Å². The monoisotopic (exact) mass is 553 g/mol. The lowest BCUT2D eigenvalue weighted by atomic mass is 9.93. The van der Waals surface area contributed by atoms with Crippen molar-refractivity contribution in [3.8, 4) is 6.07 Å². The number of benzene rings is 2. The van der Waals surface area contributed by atoms with Crippen LogP contribution in [0.25, 0.3) is 0 Å². The van der Waals surface area contributed by atoms with Gasteiger partial charge in [-0.05, 0) is 88.0 Å². The molecule has 7 nitrogen and oxygen atoms in total. The first-order valence-corrected chi connectivity index (χ1v) is 14.1. The number of anilines is 1. The van der Waals surface area contributed by atoms with E-state index in [1.54, 1.807) is 0 Å². The van der Waals surface area contributed by atoms with Crippen LogP contribution in [0, 0.1) is 28.9 Å². The van der Waals surface area contributed by atoms with Crippen LogP contribution in [-0.2, 0) is 9.59 Å². The molecule has 0 bridgehead atoms. The van der Waals surface area contributed by atoms with Gasteiger partial charge in [-0.15, -0.1) is 0 Å². The number of piperidine rings is 2. The van der Waals surface area contributed by atoms with Crippen molar-refractivity contribution in [2.75, 3.05) is 51.7 Å². The van der Waals surface area contributed by atoms with Gasteiger partial charge < -0.3 is 19.9 Å². The topological polar surface area (TPSA) is 79.7 Å². The van der Waals surface area contributed by atoms with Crippen molar-refractivity contribution in [3.05, 3.63) is 65.2 Å². The molecule has 0 saturated carbocycles. The highest BCUT2D eigenvalue weighted by molar-refractivity contribution is 5.59. The van der Waals surface area contributed by atoms with Crippen LogP contribution < -0.4 is 10.2 Å². The van der Waals surface area contributed by atoms with Crippen molar-refractivity contribution >= 4 is 18.4 Å². The Bertz CT molecular complexity index is 1130. The first kappa shape index (κ1) is 31.2. The van der Waals surface area contributed by atoms with Gasteiger partial charge >= 0.3 is 0 Å². The van der Waals surface area contributed by atoms with Gasteiger partial charge in [-0.1, -0.05) is 18.2 Å². The number of para-hydroxylation sites is 1. The van der Waals surface area contributed by atoms with Gasteiger partial charge in [0.2, 0.25) is 6.41 Å². The molecular formula is C31H41F2N5O2. The summed E-state index contributed by atoms with van der Waals surface area (Å²) in [5, 5.41) is 12.6. The van der Waals surface area contributed by atoms with Crippen LogP contribution in [-0.4, -0.2) is 75.4 Å². The highest BCUT2D eigenvalue weighted by Gasteiger charge is 2.29. The smallest absolute Gasteiger partial charge is 0.209 e. The Morgan fingerprint density at radius 3 is 2.50 bits per heavy atom. The number of hydrogen-bond donors (Lipinski definition) is 1. The molecule has 2 aliphatic rings. The molecule has 0 spiro atoms. The zero-order valence-corrected chi connectivity index (χ0v) is 23.6. The van der Waals surface area contributed by atoms with Crippen molar-refractivity contribution in [1.29, 1.82) is 5.26 Å². The third kappa shape index (κ3) is 8.57. The Labute approximate surface area is 236 Å². The number of carbonyl (C=O) groups excluding carboxylic acids is 2. The molecule has 2 unspecified atom stereocenters. The molecule has 1 amide bonds. The molecule has 2 aliphatic heterocycles. The molecule has 2 aromatic rings. The molecule has 4 rings (SSSR count). The average molecular weight is 554 g/mol. The first-order chi connectivity index (χ1) is 19.4. The van der Waals surface area contributed by atoms with Crippen molar-refractivity contribution in [2.24, 2.45) is 5.92 Å². The van der Waals surface area contributed by atoms with E-state index in [1.165, 1.54) is 56.8 Å². The van der Waals surface area contributed by atoms with E-state index in [4.69, 9.17) is 0 Å². The van der Waals surface area contributed by atoms with Crippen LogP contribution in [0.5, 0.6) is 0 Å². The maximum atomic E-state index is 13.1. The van der Waals surface area contributed by atoms with Gasteiger partial charge in [0.05, 0.1) is 17.3 Å². The number of rotatable bonds is 10. The van der Waals surface area contributed by atoms with Crippen LogP contribution in [0.1, 0.15) is 55.7 Å². The highest BCUT2D eigenvalue weighted by Crippen LogP contribution is 2.28. The molecule has 9 heteroatoms. The quantitative estimate of drug-likeness (QED) is 0.436. The zero-order chi connectivity index (χ0) is 28.9. The van der Waals surface area contributed by atoms with Crippen LogP contribution >= 0.6 is 0 Å². The maximum Gasteiger partial charge on any atom is 0.209 e. The third-order valence-electron chi connectivity index (χ3n) is 7.93. The van der Waals surface area contributed by atoms with E-state index >= 15 is 0 Å². The van der Waals surface area contributed by atoms with E-state index in [-0.39, 0.29) is 6.42 Å². The number of nitrogens with zero attached hydrogens (tertiary/aromatic N) is 4. The lowest BCUT2D eigenvalue weighted by Gasteiger charge is -2.43. The summed E-state index contributed by atoms with van der Waals surface area (Å²) in [4.78, 5) is 27.5. The summed E-state index contributed by atoms with van der Waals surface area (Å²) in [6, 6.07) is 14.1. The molecule has 2 fully saturated rings. The summed E-state index contributed by atoms with van der Waals surface area (Å²) in [5.74, 6) is -1.08. The molecule has 216 valence electrons. The highest BCUT2D eigenvalue weighted by atomic mass is 19.2. The third-order valence-corrected chi connectivity index (χ3v) is 7.93. The van der Waals surface area contributed by atoms with E-state index in [1.807, 2.05) is 18.2 Å². The number of halogens is 2. The van der Waals surface area contributed by atoms with Crippen molar-refractivity contribution < 1.29 is 18.4 Å². The molecule has 0 aromatic heterocycles. The molecule has 2 saturated heterocycles. The number of nitrogens with one attached hydrogen (secondary N) is 1. The number of aldehydes is 1. The Hall–Kier alpha value is -3.35. The lowest BCUT2D eigenvalue weighted by molar-refractivity contribution is -0.119. The van der Waals surface area contributed by atoms with Gasteiger partial charge in [-0.2, -0.15) is 5.26 Å². The van der Waals surface area contributed by atoms with Crippen LogP contribution in [0.15, 0.2) is 42.5 Å². The molecule has 2 atom stereocenters. The minimum Gasteiger partial charge on any atom is -0.370 e. The van der Waals surface area contributed by atoms with Gasteiger partial charge in [-0.25, -0.2) is 8.78 Å².